The van der Waals surface area contributed by atoms with E-state index in [0.717, 1.165) is 0 Å². The first-order chi connectivity index (χ1) is 7.63. The van der Waals surface area contributed by atoms with Crippen LogP contribution in [0.15, 0.2) is 18.2 Å². The van der Waals surface area contributed by atoms with Gasteiger partial charge in [0, 0.05) is 12.5 Å². The first-order valence-corrected chi connectivity index (χ1v) is 4.56. The minimum atomic E-state index is -0.442. The van der Waals surface area contributed by atoms with Crippen LogP contribution in [0, 0.1) is 29.0 Å². The molecular formula is C12H9FN2O. The molecule has 0 saturated heterocycles. The van der Waals surface area contributed by atoms with Crippen molar-refractivity contribution in [2.45, 2.75) is 6.92 Å². The van der Waals surface area contributed by atoms with E-state index in [2.05, 4.69) is 17.2 Å². The molecular weight excluding hydrogens is 207 g/mol. The Morgan fingerprint density at radius 2 is 2.25 bits per heavy atom. The zero-order valence-electron chi connectivity index (χ0n) is 8.67. The lowest BCUT2D eigenvalue weighted by Crippen LogP contribution is -2.19. The van der Waals surface area contributed by atoms with Gasteiger partial charge in [-0.2, -0.15) is 5.26 Å². The molecule has 1 aromatic carbocycles. The molecule has 4 heteroatoms. The van der Waals surface area contributed by atoms with Gasteiger partial charge in [-0.25, -0.2) is 4.39 Å². The number of amides is 1. The van der Waals surface area contributed by atoms with Gasteiger partial charge < -0.3 is 5.32 Å². The third-order valence-electron chi connectivity index (χ3n) is 1.75. The second-order valence-electron chi connectivity index (χ2n) is 3.01. The molecule has 0 unspecified atom stereocenters. The van der Waals surface area contributed by atoms with E-state index in [0.29, 0.717) is 11.1 Å². The van der Waals surface area contributed by atoms with Crippen molar-refractivity contribution in [3.8, 4) is 17.9 Å². The molecule has 0 aliphatic carbocycles. The van der Waals surface area contributed by atoms with Crippen LogP contribution < -0.4 is 5.32 Å². The van der Waals surface area contributed by atoms with Crippen molar-refractivity contribution in [2.24, 2.45) is 0 Å². The number of carbonyl (C=O) groups is 1. The molecule has 0 saturated carbocycles. The van der Waals surface area contributed by atoms with Crippen LogP contribution in [-0.4, -0.2) is 12.5 Å². The quantitative estimate of drug-likeness (QED) is 0.717. The Morgan fingerprint density at radius 3 is 2.88 bits per heavy atom. The lowest BCUT2D eigenvalue weighted by atomic mass is 10.1. The molecule has 0 fully saturated rings. The largest absolute Gasteiger partial charge is 0.345 e. The molecule has 0 aliphatic rings. The Morgan fingerprint density at radius 1 is 1.50 bits per heavy atom. The van der Waals surface area contributed by atoms with Crippen molar-refractivity contribution in [1.82, 2.24) is 5.32 Å². The van der Waals surface area contributed by atoms with E-state index in [1.807, 2.05) is 6.07 Å². The molecule has 0 bridgehead atoms. The highest BCUT2D eigenvalue weighted by molar-refractivity contribution is 5.73. The van der Waals surface area contributed by atoms with Gasteiger partial charge >= 0.3 is 0 Å². The van der Waals surface area contributed by atoms with E-state index >= 15 is 0 Å². The number of halogens is 1. The first-order valence-electron chi connectivity index (χ1n) is 4.56. The second kappa shape index (κ2) is 5.53. The summed E-state index contributed by atoms with van der Waals surface area (Å²) in [5, 5.41) is 11.2. The zero-order chi connectivity index (χ0) is 12.0. The number of nitrogens with zero attached hydrogens (tertiary/aromatic N) is 1. The van der Waals surface area contributed by atoms with Crippen LogP contribution in [0.3, 0.4) is 0 Å². The molecule has 0 heterocycles. The molecule has 1 aromatic rings. The molecule has 0 aromatic heterocycles. The van der Waals surface area contributed by atoms with E-state index in [1.54, 1.807) is 0 Å². The molecule has 0 radical (unpaired) electrons. The van der Waals surface area contributed by atoms with E-state index in [-0.39, 0.29) is 12.5 Å². The molecule has 0 aliphatic heterocycles. The molecule has 16 heavy (non-hydrogen) atoms. The monoisotopic (exact) mass is 216 g/mol. The van der Waals surface area contributed by atoms with Gasteiger partial charge in [0.05, 0.1) is 12.1 Å². The summed E-state index contributed by atoms with van der Waals surface area (Å²) in [6, 6.07) is 5.69. The van der Waals surface area contributed by atoms with E-state index in [1.165, 1.54) is 25.1 Å². The summed E-state index contributed by atoms with van der Waals surface area (Å²) in [6.45, 7) is 1.56. The number of rotatable bonds is 1. The summed E-state index contributed by atoms with van der Waals surface area (Å²) in [5.74, 6) is 4.64. The fraction of sp³-hybridized carbons (Fsp3) is 0.167. The van der Waals surface area contributed by atoms with Gasteiger partial charge in [0.15, 0.2) is 0 Å². The van der Waals surface area contributed by atoms with Crippen LogP contribution in [0.2, 0.25) is 0 Å². The van der Waals surface area contributed by atoms with Crippen LogP contribution in [0.1, 0.15) is 18.1 Å². The number of hydrogen-bond donors (Lipinski definition) is 1. The summed E-state index contributed by atoms with van der Waals surface area (Å²) >= 11 is 0. The van der Waals surface area contributed by atoms with Gasteiger partial charge in [-0.1, -0.05) is 11.8 Å². The number of benzene rings is 1. The molecule has 3 nitrogen and oxygen atoms in total. The van der Waals surface area contributed by atoms with Crippen molar-refractivity contribution >= 4 is 5.91 Å². The molecule has 0 atom stereocenters. The van der Waals surface area contributed by atoms with Gasteiger partial charge in [-0.05, 0) is 18.2 Å². The summed E-state index contributed by atoms with van der Waals surface area (Å²) in [7, 11) is 0. The van der Waals surface area contributed by atoms with E-state index < -0.39 is 5.82 Å². The first kappa shape index (κ1) is 11.7. The Bertz CT molecular complexity index is 506. The maximum Gasteiger partial charge on any atom is 0.217 e. The van der Waals surface area contributed by atoms with Gasteiger partial charge in [0.25, 0.3) is 0 Å². The molecule has 1 amide bonds. The van der Waals surface area contributed by atoms with Crippen molar-refractivity contribution in [3.05, 3.63) is 35.1 Å². The lowest BCUT2D eigenvalue weighted by molar-refractivity contribution is -0.118. The van der Waals surface area contributed by atoms with Crippen molar-refractivity contribution in [1.29, 1.82) is 5.26 Å². The fourth-order valence-electron chi connectivity index (χ4n) is 1.03. The average molecular weight is 216 g/mol. The smallest absolute Gasteiger partial charge is 0.217 e. The average Bonchev–Trinajstić information content (AvgIpc) is 2.24. The predicted molar refractivity (Wildman–Crippen MR) is 56.7 cm³/mol. The maximum absolute atomic E-state index is 12.9. The molecule has 0 spiro atoms. The Labute approximate surface area is 92.9 Å². The van der Waals surface area contributed by atoms with Gasteiger partial charge in [-0.3, -0.25) is 4.79 Å². The molecule has 80 valence electrons. The van der Waals surface area contributed by atoms with E-state index in [4.69, 9.17) is 5.26 Å². The lowest BCUT2D eigenvalue weighted by Gasteiger charge is -1.95. The van der Waals surface area contributed by atoms with Gasteiger partial charge in [-0.15, -0.1) is 0 Å². The van der Waals surface area contributed by atoms with Crippen molar-refractivity contribution in [3.63, 3.8) is 0 Å². The summed E-state index contributed by atoms with van der Waals surface area (Å²) in [5.41, 5.74) is 0.643. The summed E-state index contributed by atoms with van der Waals surface area (Å²) < 4.78 is 12.9. The molecule has 1 N–H and O–H groups in total. The fourth-order valence-corrected chi connectivity index (χ4v) is 1.03. The summed E-state index contributed by atoms with van der Waals surface area (Å²) in [4.78, 5) is 10.5. The number of nitriles is 1. The van der Waals surface area contributed by atoms with Crippen LogP contribution in [0.25, 0.3) is 0 Å². The highest BCUT2D eigenvalue weighted by Crippen LogP contribution is 2.08. The van der Waals surface area contributed by atoms with Crippen LogP contribution >= 0.6 is 0 Å². The number of hydrogen-bond acceptors (Lipinski definition) is 2. The van der Waals surface area contributed by atoms with Crippen LogP contribution in [0.5, 0.6) is 0 Å². The third-order valence-corrected chi connectivity index (χ3v) is 1.75. The van der Waals surface area contributed by atoms with E-state index in [9.17, 15) is 9.18 Å². The normalized spacial score (nSPS) is 8.56. The minimum Gasteiger partial charge on any atom is -0.345 e. The van der Waals surface area contributed by atoms with Crippen molar-refractivity contribution < 1.29 is 9.18 Å². The summed E-state index contributed by atoms with van der Waals surface area (Å²) in [6.07, 6.45) is 0. The SMILES string of the molecule is CC(=O)NCC#Cc1cc(F)ccc1C#N. The van der Waals surface area contributed by atoms with Crippen LogP contribution in [0.4, 0.5) is 4.39 Å². The third kappa shape index (κ3) is 3.43. The highest BCUT2D eigenvalue weighted by atomic mass is 19.1. The van der Waals surface area contributed by atoms with Gasteiger partial charge in [0.2, 0.25) is 5.91 Å². The number of nitrogens with one attached hydrogen (secondary N) is 1. The standard InChI is InChI=1S/C12H9FN2O/c1-9(16)15-6-2-3-10-7-12(13)5-4-11(10)8-14/h4-5,7H,6H2,1H3,(H,15,16). The predicted octanol–water partition coefficient (Wildman–Crippen LogP) is 1.18. The van der Waals surface area contributed by atoms with Crippen LogP contribution in [-0.2, 0) is 4.79 Å². The Hall–Kier alpha value is -2.33. The minimum absolute atomic E-state index is 0.177. The molecule has 1 rings (SSSR count). The van der Waals surface area contributed by atoms with Crippen molar-refractivity contribution in [2.75, 3.05) is 6.54 Å². The second-order valence-corrected chi connectivity index (χ2v) is 3.01. The zero-order valence-corrected chi connectivity index (χ0v) is 8.67. The topological polar surface area (TPSA) is 52.9 Å². The maximum atomic E-state index is 12.9. The Kier molecular flexibility index (Phi) is 4.06. The highest BCUT2D eigenvalue weighted by Gasteiger charge is 1.99. The van der Waals surface area contributed by atoms with Gasteiger partial charge in [0.1, 0.15) is 11.9 Å². The Balaban J connectivity index is 2.83. The number of carbonyl (C=O) groups excluding carboxylic acids is 1.